The summed E-state index contributed by atoms with van der Waals surface area (Å²) in [5, 5.41) is 12.9. The van der Waals surface area contributed by atoms with Crippen LogP contribution in [0.4, 0.5) is 29.6 Å². The number of hydrogen-bond acceptors (Lipinski definition) is 14. The average Bonchev–Trinajstić information content (AvgIpc) is 4.06. The summed E-state index contributed by atoms with van der Waals surface area (Å²) in [6, 6.07) is 29.6. The number of halogens is 3. The largest absolute Gasteiger partial charge is 0.456 e. The first-order valence-electron chi connectivity index (χ1n) is 22.7. The molecule has 6 N–H and O–H groups in total. The normalized spacial score (nSPS) is 10.1. The quantitative estimate of drug-likeness (QED) is 0.0628. The molecule has 0 saturated heterocycles. The highest BCUT2D eigenvalue weighted by Gasteiger charge is 2.11. The predicted molar refractivity (Wildman–Crippen MR) is 276 cm³/mol. The summed E-state index contributed by atoms with van der Waals surface area (Å²) in [7, 11) is 3.69. The predicted octanol–water partition coefficient (Wildman–Crippen LogP) is 8.04. The Hall–Kier alpha value is -10.7. The van der Waals surface area contributed by atoms with E-state index in [9.17, 15) is 37.1 Å². The standard InChI is InChI=1S/C23H19FN6O3.C14H13N5O.C9H6FNO2.C8H8FNO/c1-30-14-16(12-27-30)20-11-18(8-9-25-20)33-19-6-7-21(26-13-19)28-23(32)29-22(31)10-15-2-4-17(24)5-3-15;1-19-9-10(7-18-19)13-6-11(4-5-16-13)20-12-2-3-14(15)17-8-12;10-8-3-1-7(2-4-8)5-9(13)11-6-12;9-7-3-1-6(2-4-7)5-8(10)11/h2-9,11-14H,10H2,1H3,(H2,26,28,29,31,32);2-9H,1H3,(H2,15,17);1-4H,5H2;1-4H,5H2,(H2,10,11). The molecule has 0 radical (unpaired) electrons. The fraction of sp³-hybridized carbons (Fsp3) is 0.0926. The van der Waals surface area contributed by atoms with E-state index >= 15 is 0 Å². The number of aromatic nitrogens is 8. The van der Waals surface area contributed by atoms with Crippen LogP contribution >= 0.6 is 0 Å². The molecule has 0 atom stereocenters. The summed E-state index contributed by atoms with van der Waals surface area (Å²) >= 11 is 0. The van der Waals surface area contributed by atoms with Crippen molar-refractivity contribution in [2.45, 2.75) is 19.3 Å². The molecule has 0 bridgehead atoms. The van der Waals surface area contributed by atoms with Crippen molar-refractivity contribution < 1.29 is 46.6 Å². The number of aliphatic imine (C=N–C) groups is 1. The molecule has 390 valence electrons. The number of anilines is 2. The number of hydrogen-bond donors (Lipinski definition) is 4. The van der Waals surface area contributed by atoms with Gasteiger partial charge in [-0.05, 0) is 89.5 Å². The van der Waals surface area contributed by atoms with Crippen molar-refractivity contribution in [3.63, 3.8) is 0 Å². The number of urea groups is 1. The van der Waals surface area contributed by atoms with Gasteiger partial charge in [-0.15, -0.1) is 4.99 Å². The number of primary amides is 1. The highest BCUT2D eigenvalue weighted by Crippen LogP contribution is 2.27. The van der Waals surface area contributed by atoms with E-state index in [1.165, 1.54) is 66.9 Å². The number of carbonyl (C=O) groups is 4. The van der Waals surface area contributed by atoms with E-state index in [-0.39, 0.29) is 36.7 Å². The van der Waals surface area contributed by atoms with Crippen molar-refractivity contribution in [3.05, 3.63) is 205 Å². The Bertz CT molecular complexity index is 3450. The second-order valence-electron chi connectivity index (χ2n) is 16.0. The molecule has 0 unspecified atom stereocenters. The molecule has 0 fully saturated rings. The summed E-state index contributed by atoms with van der Waals surface area (Å²) in [6.07, 6.45) is 14.8. The average molecular weight is 1050 g/mol. The van der Waals surface area contributed by atoms with Crippen molar-refractivity contribution in [1.29, 1.82) is 0 Å². The van der Waals surface area contributed by atoms with Crippen molar-refractivity contribution in [3.8, 4) is 45.5 Å². The molecule has 0 aliphatic rings. The number of imide groups is 1. The van der Waals surface area contributed by atoms with E-state index in [1.54, 1.807) is 94.9 Å². The third-order valence-electron chi connectivity index (χ3n) is 9.93. The number of carbonyl (C=O) groups excluding carboxylic acids is 5. The lowest BCUT2D eigenvalue weighted by Crippen LogP contribution is -2.35. The summed E-state index contributed by atoms with van der Waals surface area (Å²) in [5.41, 5.74) is 15.7. The molecule has 9 rings (SSSR count). The minimum atomic E-state index is -0.724. The zero-order chi connectivity index (χ0) is 55.1. The molecule has 20 nitrogen and oxygen atoms in total. The van der Waals surface area contributed by atoms with Gasteiger partial charge in [0.05, 0.1) is 55.4 Å². The number of nitrogen functional groups attached to an aromatic ring is 1. The number of nitrogens with one attached hydrogen (secondary N) is 2. The van der Waals surface area contributed by atoms with Crippen LogP contribution in [0.1, 0.15) is 16.7 Å². The van der Waals surface area contributed by atoms with Crippen LogP contribution in [0.3, 0.4) is 0 Å². The number of pyridine rings is 4. The van der Waals surface area contributed by atoms with Crippen LogP contribution < -0.4 is 31.6 Å². The second-order valence-corrected chi connectivity index (χ2v) is 16.0. The van der Waals surface area contributed by atoms with Crippen molar-refractivity contribution in [2.75, 3.05) is 11.1 Å². The molecule has 0 spiro atoms. The first-order chi connectivity index (χ1) is 37.0. The maximum atomic E-state index is 12.9. The Labute approximate surface area is 437 Å². The topological polar surface area (TPSA) is 279 Å². The summed E-state index contributed by atoms with van der Waals surface area (Å²) in [5.74, 6) is 0.449. The molecule has 77 heavy (non-hydrogen) atoms. The van der Waals surface area contributed by atoms with Crippen molar-refractivity contribution in [2.24, 2.45) is 24.8 Å². The Balaban J connectivity index is 0.000000184. The van der Waals surface area contributed by atoms with Gasteiger partial charge in [0.1, 0.15) is 52.1 Å². The molecule has 0 aliphatic carbocycles. The molecule has 23 heteroatoms. The van der Waals surface area contributed by atoms with E-state index in [4.69, 9.17) is 20.9 Å². The number of aryl methyl sites for hydroxylation is 2. The molecule has 0 aliphatic heterocycles. The van der Waals surface area contributed by atoms with E-state index in [2.05, 4.69) is 45.8 Å². The SMILES string of the molecule is Cn1cc(-c2cc(Oc3ccc(N)nc3)ccn2)cn1.Cn1cc(-c2cc(Oc3ccc(NC(=O)NC(=O)Cc4ccc(F)cc4)nc3)ccn2)cn1.NC(=O)Cc1ccc(F)cc1.O=C=NC(=O)Cc1ccc(F)cc1. The molecule has 6 heterocycles. The maximum Gasteiger partial charge on any atom is 0.327 e. The number of rotatable bonds is 13. The third kappa shape index (κ3) is 19.4. The van der Waals surface area contributed by atoms with Crippen LogP contribution in [0.15, 0.2) is 176 Å². The molecule has 0 saturated carbocycles. The van der Waals surface area contributed by atoms with Gasteiger partial charge in [-0.2, -0.15) is 10.2 Å². The second kappa shape index (κ2) is 28.0. The number of ether oxygens (including phenoxy) is 2. The van der Waals surface area contributed by atoms with E-state index in [0.717, 1.165) is 28.5 Å². The van der Waals surface area contributed by atoms with Crippen LogP contribution in [-0.2, 0) is 52.5 Å². The third-order valence-corrected chi connectivity index (χ3v) is 9.93. The van der Waals surface area contributed by atoms with Gasteiger partial charge in [-0.3, -0.25) is 44.3 Å². The van der Waals surface area contributed by atoms with Crippen molar-refractivity contribution >= 4 is 41.5 Å². The monoisotopic (exact) mass is 1050 g/mol. The number of isocyanates is 1. The Kier molecular flexibility index (Phi) is 20.2. The van der Waals surface area contributed by atoms with E-state index in [1.807, 2.05) is 32.6 Å². The molecule has 3 aromatic carbocycles. The van der Waals surface area contributed by atoms with Gasteiger partial charge in [0.15, 0.2) is 0 Å². The van der Waals surface area contributed by atoms with E-state index < -0.39 is 29.6 Å². The molecular weight excluding hydrogens is 1000 g/mol. The van der Waals surface area contributed by atoms with Crippen molar-refractivity contribution in [1.82, 2.24) is 44.8 Å². The number of nitrogens with zero attached hydrogens (tertiary/aromatic N) is 9. The minimum Gasteiger partial charge on any atom is -0.456 e. The lowest BCUT2D eigenvalue weighted by Gasteiger charge is -2.09. The Morgan fingerprint density at radius 2 is 1.05 bits per heavy atom. The molecule has 6 aromatic heterocycles. The zero-order valence-electron chi connectivity index (χ0n) is 41.0. The lowest BCUT2D eigenvalue weighted by molar-refractivity contribution is -0.119. The number of amides is 5. The van der Waals surface area contributed by atoms with Gasteiger partial charge in [0.25, 0.3) is 5.91 Å². The first kappa shape index (κ1) is 55.6. The molecule has 5 amide bonds. The van der Waals surface area contributed by atoms with Crippen LogP contribution in [0.25, 0.3) is 22.5 Å². The molecule has 9 aromatic rings. The number of nitrogens with two attached hydrogens (primary N) is 2. The number of benzene rings is 3. The van der Waals surface area contributed by atoms with Gasteiger partial charge in [0, 0.05) is 62.1 Å². The van der Waals surface area contributed by atoms with Gasteiger partial charge < -0.3 is 20.9 Å². The highest BCUT2D eigenvalue weighted by atomic mass is 19.1. The van der Waals surface area contributed by atoms with Gasteiger partial charge >= 0.3 is 6.03 Å². The smallest absolute Gasteiger partial charge is 0.327 e. The zero-order valence-corrected chi connectivity index (χ0v) is 41.0. The fourth-order valence-electron chi connectivity index (χ4n) is 6.39. The van der Waals surface area contributed by atoms with Crippen LogP contribution in [0.2, 0.25) is 0 Å². The Morgan fingerprint density at radius 1 is 0.584 bits per heavy atom. The molecular formula is C54H46F3N13O7. The fourth-order valence-corrected chi connectivity index (χ4v) is 6.39. The maximum absolute atomic E-state index is 12.9. The summed E-state index contributed by atoms with van der Waals surface area (Å²) in [6.45, 7) is 0. The summed E-state index contributed by atoms with van der Waals surface area (Å²) in [4.78, 5) is 74.5. The van der Waals surface area contributed by atoms with E-state index in [0.29, 0.717) is 45.6 Å². The first-order valence-corrected chi connectivity index (χ1v) is 22.7. The van der Waals surface area contributed by atoms with Gasteiger partial charge in [-0.1, -0.05) is 36.4 Å². The van der Waals surface area contributed by atoms with Crippen LogP contribution in [0.5, 0.6) is 23.0 Å². The van der Waals surface area contributed by atoms with Crippen LogP contribution in [0, 0.1) is 17.5 Å². The minimum absolute atomic E-state index is 0.00444. The summed E-state index contributed by atoms with van der Waals surface area (Å²) < 4.78 is 52.6. The lowest BCUT2D eigenvalue weighted by atomic mass is 10.1. The Morgan fingerprint density at radius 3 is 1.47 bits per heavy atom. The van der Waals surface area contributed by atoms with Gasteiger partial charge in [-0.25, -0.2) is 32.7 Å². The highest BCUT2D eigenvalue weighted by molar-refractivity contribution is 6.01. The van der Waals surface area contributed by atoms with Crippen LogP contribution in [-0.4, -0.2) is 69.3 Å². The van der Waals surface area contributed by atoms with Gasteiger partial charge in [0.2, 0.25) is 17.9 Å².